The standard InChI is InChI=1S/C12H20N4O3S/c1-15(2)6-7-16(3)12(19)13-5-4-10-14-9(8-20-10)11(17)18/h8H,4-7H2,1-3H3,(H,13,19)(H,17,18). The summed E-state index contributed by atoms with van der Waals surface area (Å²) in [5.74, 6) is -1.03. The van der Waals surface area contributed by atoms with E-state index in [1.54, 1.807) is 11.9 Å². The maximum Gasteiger partial charge on any atom is 0.355 e. The predicted molar refractivity (Wildman–Crippen MR) is 77.4 cm³/mol. The number of aromatic nitrogens is 1. The van der Waals surface area contributed by atoms with E-state index in [1.165, 1.54) is 16.7 Å². The SMILES string of the molecule is CN(C)CCN(C)C(=O)NCCc1nc(C(=O)O)cs1. The molecule has 0 radical (unpaired) electrons. The van der Waals surface area contributed by atoms with Gasteiger partial charge in [-0.25, -0.2) is 14.6 Å². The van der Waals surface area contributed by atoms with Crippen LogP contribution >= 0.6 is 11.3 Å². The number of carboxylic acid groups (broad SMARTS) is 1. The van der Waals surface area contributed by atoms with Gasteiger partial charge in [0.15, 0.2) is 5.69 Å². The van der Waals surface area contributed by atoms with Crippen molar-refractivity contribution >= 4 is 23.3 Å². The summed E-state index contributed by atoms with van der Waals surface area (Å²) in [4.78, 5) is 30.0. The number of hydrogen-bond acceptors (Lipinski definition) is 5. The van der Waals surface area contributed by atoms with Gasteiger partial charge >= 0.3 is 12.0 Å². The van der Waals surface area contributed by atoms with E-state index in [0.717, 1.165) is 6.54 Å². The Hall–Kier alpha value is -1.67. The average Bonchev–Trinajstić information content (AvgIpc) is 2.84. The van der Waals surface area contributed by atoms with Crippen LogP contribution in [0.5, 0.6) is 0 Å². The molecule has 7 nitrogen and oxygen atoms in total. The number of carbonyl (C=O) groups is 2. The van der Waals surface area contributed by atoms with Gasteiger partial charge in [0.25, 0.3) is 0 Å². The molecule has 20 heavy (non-hydrogen) atoms. The number of likely N-dealkylation sites (N-methyl/N-ethyl adjacent to an activating group) is 2. The zero-order valence-electron chi connectivity index (χ0n) is 11.9. The van der Waals surface area contributed by atoms with Crippen LogP contribution in [-0.2, 0) is 6.42 Å². The van der Waals surface area contributed by atoms with Crippen molar-refractivity contribution in [3.63, 3.8) is 0 Å². The fourth-order valence-corrected chi connectivity index (χ4v) is 2.16. The van der Waals surface area contributed by atoms with Gasteiger partial charge in [-0.05, 0) is 14.1 Å². The van der Waals surface area contributed by atoms with Crippen LogP contribution in [0.2, 0.25) is 0 Å². The molecule has 0 aliphatic rings. The summed E-state index contributed by atoms with van der Waals surface area (Å²) in [6.45, 7) is 1.90. The van der Waals surface area contributed by atoms with Crippen molar-refractivity contribution in [2.24, 2.45) is 0 Å². The smallest absolute Gasteiger partial charge is 0.355 e. The maximum atomic E-state index is 11.7. The van der Waals surface area contributed by atoms with Gasteiger partial charge in [0, 0.05) is 38.5 Å². The summed E-state index contributed by atoms with van der Waals surface area (Å²) in [5, 5.41) is 13.7. The van der Waals surface area contributed by atoms with Gasteiger partial charge in [-0.2, -0.15) is 0 Å². The molecule has 2 N–H and O–H groups in total. The summed E-state index contributed by atoms with van der Waals surface area (Å²) in [5.41, 5.74) is 0.0550. The Labute approximate surface area is 122 Å². The predicted octanol–water partition coefficient (Wildman–Crippen LogP) is 0.587. The molecular formula is C12H20N4O3S. The third-order valence-corrected chi connectivity index (χ3v) is 3.52. The van der Waals surface area contributed by atoms with E-state index < -0.39 is 5.97 Å². The fourth-order valence-electron chi connectivity index (χ4n) is 1.39. The minimum Gasteiger partial charge on any atom is -0.476 e. The Morgan fingerprint density at radius 3 is 2.60 bits per heavy atom. The molecule has 1 rings (SSSR count). The molecule has 0 bridgehead atoms. The molecule has 8 heteroatoms. The van der Waals surface area contributed by atoms with Crippen LogP contribution < -0.4 is 5.32 Å². The molecule has 0 atom stereocenters. The molecule has 0 saturated heterocycles. The van der Waals surface area contributed by atoms with Gasteiger partial charge in [-0.1, -0.05) is 0 Å². The van der Waals surface area contributed by atoms with Crippen molar-refractivity contribution in [3.05, 3.63) is 16.1 Å². The molecule has 0 aliphatic heterocycles. The molecular weight excluding hydrogens is 280 g/mol. The molecule has 1 heterocycles. The molecule has 0 saturated carbocycles. The van der Waals surface area contributed by atoms with E-state index in [0.29, 0.717) is 24.5 Å². The second-order valence-electron chi connectivity index (χ2n) is 4.64. The maximum absolute atomic E-state index is 11.7. The highest BCUT2D eigenvalue weighted by atomic mass is 32.1. The Balaban J connectivity index is 2.28. The highest BCUT2D eigenvalue weighted by molar-refractivity contribution is 7.09. The first-order chi connectivity index (χ1) is 9.40. The summed E-state index contributed by atoms with van der Waals surface area (Å²) < 4.78 is 0. The molecule has 1 aromatic rings. The molecule has 2 amide bonds. The highest BCUT2D eigenvalue weighted by Gasteiger charge is 2.10. The lowest BCUT2D eigenvalue weighted by Crippen LogP contribution is -2.41. The van der Waals surface area contributed by atoms with Gasteiger partial charge in [-0.3, -0.25) is 0 Å². The lowest BCUT2D eigenvalue weighted by atomic mass is 10.4. The minimum atomic E-state index is -1.03. The summed E-state index contributed by atoms with van der Waals surface area (Å²) in [6.07, 6.45) is 0.533. The van der Waals surface area contributed by atoms with Gasteiger partial charge in [-0.15, -0.1) is 11.3 Å². The van der Waals surface area contributed by atoms with Crippen molar-refractivity contribution in [1.82, 2.24) is 20.1 Å². The molecule has 0 unspecified atom stereocenters. The number of urea groups is 1. The first kappa shape index (κ1) is 16.4. The van der Waals surface area contributed by atoms with Crippen molar-refractivity contribution in [1.29, 1.82) is 0 Å². The second-order valence-corrected chi connectivity index (χ2v) is 5.58. The third-order valence-electron chi connectivity index (χ3n) is 2.62. The van der Waals surface area contributed by atoms with Crippen LogP contribution in [0.15, 0.2) is 5.38 Å². The van der Waals surface area contributed by atoms with Gasteiger partial charge in [0.1, 0.15) is 0 Å². The zero-order valence-corrected chi connectivity index (χ0v) is 12.7. The number of carbonyl (C=O) groups excluding carboxylic acids is 1. The van der Waals surface area contributed by atoms with Crippen molar-refractivity contribution in [2.45, 2.75) is 6.42 Å². The van der Waals surface area contributed by atoms with Crippen LogP contribution in [0, 0.1) is 0 Å². The molecule has 0 aromatic carbocycles. The second kappa shape index (κ2) is 7.81. The Morgan fingerprint density at radius 2 is 2.05 bits per heavy atom. The lowest BCUT2D eigenvalue weighted by molar-refractivity contribution is 0.0691. The average molecular weight is 300 g/mol. The van der Waals surface area contributed by atoms with E-state index in [9.17, 15) is 9.59 Å². The number of nitrogens with one attached hydrogen (secondary N) is 1. The van der Waals surface area contributed by atoms with Crippen LogP contribution in [0.3, 0.4) is 0 Å². The van der Waals surface area contributed by atoms with Crippen LogP contribution in [-0.4, -0.2) is 72.7 Å². The van der Waals surface area contributed by atoms with Crippen molar-refractivity contribution in [2.75, 3.05) is 40.8 Å². The fraction of sp³-hybridized carbons (Fsp3) is 0.583. The normalized spacial score (nSPS) is 10.6. The lowest BCUT2D eigenvalue weighted by Gasteiger charge is -2.19. The minimum absolute atomic E-state index is 0.0550. The van der Waals surface area contributed by atoms with Crippen LogP contribution in [0.4, 0.5) is 4.79 Å². The number of carboxylic acids is 1. The molecule has 1 aromatic heterocycles. The summed E-state index contributed by atoms with van der Waals surface area (Å²) >= 11 is 1.29. The van der Waals surface area contributed by atoms with E-state index in [-0.39, 0.29) is 11.7 Å². The monoisotopic (exact) mass is 300 g/mol. The van der Waals surface area contributed by atoms with E-state index >= 15 is 0 Å². The molecule has 112 valence electrons. The highest BCUT2D eigenvalue weighted by Crippen LogP contribution is 2.09. The van der Waals surface area contributed by atoms with Crippen LogP contribution in [0.25, 0.3) is 0 Å². The van der Waals surface area contributed by atoms with Crippen molar-refractivity contribution < 1.29 is 14.7 Å². The Morgan fingerprint density at radius 1 is 1.35 bits per heavy atom. The van der Waals surface area contributed by atoms with Crippen molar-refractivity contribution in [3.8, 4) is 0 Å². The van der Waals surface area contributed by atoms with Gasteiger partial charge < -0.3 is 20.2 Å². The largest absolute Gasteiger partial charge is 0.476 e. The Bertz CT molecular complexity index is 461. The first-order valence-electron chi connectivity index (χ1n) is 6.21. The Kier molecular flexibility index (Phi) is 6.40. The van der Waals surface area contributed by atoms with Gasteiger partial charge in [0.05, 0.1) is 5.01 Å². The van der Waals surface area contributed by atoms with Crippen LogP contribution in [0.1, 0.15) is 15.5 Å². The number of rotatable bonds is 7. The number of amides is 2. The number of hydrogen-bond donors (Lipinski definition) is 2. The first-order valence-corrected chi connectivity index (χ1v) is 7.09. The number of nitrogens with zero attached hydrogens (tertiary/aromatic N) is 3. The third kappa shape index (κ3) is 5.54. The quantitative estimate of drug-likeness (QED) is 0.769. The van der Waals surface area contributed by atoms with E-state index in [2.05, 4.69) is 10.3 Å². The molecule has 0 fully saturated rings. The number of aromatic carboxylic acids is 1. The number of thiazole rings is 1. The van der Waals surface area contributed by atoms with Gasteiger partial charge in [0.2, 0.25) is 0 Å². The summed E-state index contributed by atoms with van der Waals surface area (Å²) in [7, 11) is 5.65. The zero-order chi connectivity index (χ0) is 15.1. The summed E-state index contributed by atoms with van der Waals surface area (Å²) in [6, 6.07) is -0.137. The molecule has 0 spiro atoms. The van der Waals surface area contributed by atoms with E-state index in [1.807, 2.05) is 19.0 Å². The van der Waals surface area contributed by atoms with E-state index in [4.69, 9.17) is 5.11 Å². The topological polar surface area (TPSA) is 85.8 Å². The molecule has 0 aliphatic carbocycles.